The van der Waals surface area contributed by atoms with Crippen molar-refractivity contribution in [3.8, 4) is 5.75 Å². The number of benzene rings is 2. The van der Waals surface area contributed by atoms with Crippen molar-refractivity contribution < 1.29 is 9.53 Å². The van der Waals surface area contributed by atoms with E-state index in [0.717, 1.165) is 55.5 Å². The molecule has 0 radical (unpaired) electrons. The van der Waals surface area contributed by atoms with Gasteiger partial charge in [-0.15, -0.1) is 0 Å². The van der Waals surface area contributed by atoms with Crippen LogP contribution in [0.1, 0.15) is 30.9 Å². The number of ether oxygens (including phenoxy) is 1. The first kappa shape index (κ1) is 21.5. The lowest BCUT2D eigenvalue weighted by Crippen LogP contribution is -2.47. The van der Waals surface area contributed by atoms with Gasteiger partial charge < -0.3 is 14.5 Å². The number of hydrogen-bond acceptors (Lipinski definition) is 5. The van der Waals surface area contributed by atoms with Gasteiger partial charge in [0.05, 0.1) is 11.5 Å². The number of aryl methyl sites for hydroxylation is 1. The van der Waals surface area contributed by atoms with E-state index in [4.69, 9.17) is 4.74 Å². The summed E-state index contributed by atoms with van der Waals surface area (Å²) in [6, 6.07) is 16.5. The van der Waals surface area contributed by atoms with Gasteiger partial charge in [0.1, 0.15) is 5.75 Å². The molecule has 2 aliphatic rings. The third-order valence-electron chi connectivity index (χ3n) is 5.52. The van der Waals surface area contributed by atoms with E-state index in [-0.39, 0.29) is 5.91 Å². The Kier molecular flexibility index (Phi) is 6.97. The molecule has 0 saturated carbocycles. The van der Waals surface area contributed by atoms with E-state index in [2.05, 4.69) is 52.9 Å². The van der Waals surface area contributed by atoms with Crippen LogP contribution in [0.4, 0.5) is 5.69 Å². The third-order valence-corrected chi connectivity index (χ3v) is 6.56. The van der Waals surface area contributed by atoms with E-state index in [1.54, 1.807) is 0 Å². The molecular weight excluding hydrogens is 406 g/mol. The first-order valence-electron chi connectivity index (χ1n) is 10.9. The van der Waals surface area contributed by atoms with Crippen molar-refractivity contribution in [2.45, 2.75) is 26.7 Å². The molecule has 1 fully saturated rings. The smallest absolute Gasteiger partial charge is 0.286 e. The highest BCUT2D eigenvalue weighted by atomic mass is 32.2. The van der Waals surface area contributed by atoms with Gasteiger partial charge in [0.15, 0.2) is 5.17 Å². The number of aliphatic imine (C=N–C) groups is 1. The zero-order valence-electron chi connectivity index (χ0n) is 18.2. The minimum Gasteiger partial charge on any atom is -0.493 e. The number of rotatable bonds is 6. The molecule has 6 heteroatoms. The van der Waals surface area contributed by atoms with Crippen LogP contribution in [0.2, 0.25) is 0 Å². The monoisotopic (exact) mass is 435 g/mol. The first-order chi connectivity index (χ1) is 15.1. The second kappa shape index (κ2) is 10.1. The minimum atomic E-state index is -0.163. The van der Waals surface area contributed by atoms with Crippen LogP contribution in [0.15, 0.2) is 58.4 Å². The Morgan fingerprint density at radius 1 is 1.03 bits per heavy atom. The molecule has 1 saturated heterocycles. The second-order valence-electron chi connectivity index (χ2n) is 7.86. The summed E-state index contributed by atoms with van der Waals surface area (Å²) in [5.41, 5.74) is 3.45. The Hall–Kier alpha value is -2.73. The molecule has 5 nitrogen and oxygen atoms in total. The molecule has 2 heterocycles. The molecule has 0 atom stereocenters. The van der Waals surface area contributed by atoms with Gasteiger partial charge in [-0.05, 0) is 49.4 Å². The maximum atomic E-state index is 12.6. The molecule has 162 valence electrons. The van der Waals surface area contributed by atoms with E-state index in [1.165, 1.54) is 23.0 Å². The fourth-order valence-electron chi connectivity index (χ4n) is 3.64. The summed E-state index contributed by atoms with van der Waals surface area (Å²) in [7, 11) is 0. The van der Waals surface area contributed by atoms with Crippen molar-refractivity contribution in [3.05, 3.63) is 64.6 Å². The number of amidine groups is 1. The molecule has 0 unspecified atom stereocenters. The van der Waals surface area contributed by atoms with Gasteiger partial charge in [0.25, 0.3) is 5.91 Å². The van der Waals surface area contributed by atoms with Crippen LogP contribution >= 0.6 is 11.8 Å². The van der Waals surface area contributed by atoms with Crippen molar-refractivity contribution in [1.82, 2.24) is 4.90 Å². The van der Waals surface area contributed by atoms with E-state index in [1.807, 2.05) is 30.3 Å². The van der Waals surface area contributed by atoms with Crippen LogP contribution in [-0.4, -0.2) is 48.8 Å². The highest BCUT2D eigenvalue weighted by Crippen LogP contribution is 2.33. The van der Waals surface area contributed by atoms with Crippen molar-refractivity contribution in [2.75, 3.05) is 37.7 Å². The lowest BCUT2D eigenvalue weighted by Gasteiger charge is -2.36. The van der Waals surface area contributed by atoms with Gasteiger partial charge in [-0.25, -0.2) is 0 Å². The normalized spacial score (nSPS) is 17.9. The number of nitrogens with zero attached hydrogens (tertiary/aromatic N) is 3. The number of unbranched alkanes of at least 4 members (excludes halogenated alkanes) is 1. The quantitative estimate of drug-likeness (QED) is 0.474. The molecular formula is C25H29N3O2S. The Bertz CT molecular complexity index is 977. The van der Waals surface area contributed by atoms with Gasteiger partial charge in [-0.1, -0.05) is 49.2 Å². The summed E-state index contributed by atoms with van der Waals surface area (Å²) in [5, 5.41) is 0.809. The van der Waals surface area contributed by atoms with Crippen molar-refractivity contribution >= 4 is 34.6 Å². The zero-order valence-corrected chi connectivity index (χ0v) is 19.0. The summed E-state index contributed by atoms with van der Waals surface area (Å²) in [6.07, 6.45) is 4.01. The van der Waals surface area contributed by atoms with Gasteiger partial charge in [0.2, 0.25) is 0 Å². The number of hydrogen-bond donors (Lipinski definition) is 0. The van der Waals surface area contributed by atoms with E-state index >= 15 is 0 Å². The fourth-order valence-corrected chi connectivity index (χ4v) is 4.60. The summed E-state index contributed by atoms with van der Waals surface area (Å²) in [4.78, 5) is 22.2. The van der Waals surface area contributed by atoms with Crippen LogP contribution in [0.3, 0.4) is 0 Å². The maximum Gasteiger partial charge on any atom is 0.286 e. The predicted molar refractivity (Wildman–Crippen MR) is 130 cm³/mol. The van der Waals surface area contributed by atoms with Crippen molar-refractivity contribution in [3.63, 3.8) is 0 Å². The topological polar surface area (TPSA) is 45.1 Å². The Balaban J connectivity index is 1.39. The molecule has 0 N–H and O–H groups in total. The minimum absolute atomic E-state index is 0.163. The number of amides is 1. The highest BCUT2D eigenvalue weighted by molar-refractivity contribution is 8.18. The standard InChI is InChI=1S/C25H29N3O2S/c1-3-4-17-30-22-8-6-5-7-20(22)18-23-24(29)26-25(31-23)28-15-13-27(14-16-28)21-11-9-19(2)10-12-21/h5-12,18H,3-4,13-17H2,1-2H3. The predicted octanol–water partition coefficient (Wildman–Crippen LogP) is 4.97. The molecule has 0 aromatic heterocycles. The molecule has 0 aliphatic carbocycles. The van der Waals surface area contributed by atoms with E-state index < -0.39 is 0 Å². The van der Waals surface area contributed by atoms with Crippen LogP contribution in [-0.2, 0) is 4.79 Å². The van der Waals surface area contributed by atoms with Crippen molar-refractivity contribution in [2.24, 2.45) is 4.99 Å². The van der Waals surface area contributed by atoms with Gasteiger partial charge >= 0.3 is 0 Å². The molecule has 1 amide bonds. The Morgan fingerprint density at radius 3 is 2.48 bits per heavy atom. The van der Waals surface area contributed by atoms with Gasteiger partial charge in [-0.2, -0.15) is 4.99 Å². The summed E-state index contributed by atoms with van der Waals surface area (Å²) in [6.45, 7) is 8.49. The fraction of sp³-hybridized carbons (Fsp3) is 0.360. The highest BCUT2D eigenvalue weighted by Gasteiger charge is 2.28. The lowest BCUT2D eigenvalue weighted by molar-refractivity contribution is -0.113. The molecule has 4 rings (SSSR count). The van der Waals surface area contributed by atoms with Crippen LogP contribution in [0.25, 0.3) is 6.08 Å². The SMILES string of the molecule is CCCCOc1ccccc1C=C1SC(N2CCN(c3ccc(C)cc3)CC2)=NC1=O. The molecule has 0 bridgehead atoms. The number of anilines is 1. The number of carbonyl (C=O) groups excluding carboxylic acids is 1. The second-order valence-corrected chi connectivity index (χ2v) is 8.87. The largest absolute Gasteiger partial charge is 0.493 e. The summed E-state index contributed by atoms with van der Waals surface area (Å²) < 4.78 is 5.91. The third kappa shape index (κ3) is 5.31. The van der Waals surface area contributed by atoms with Crippen molar-refractivity contribution in [1.29, 1.82) is 0 Å². The van der Waals surface area contributed by atoms with Crippen LogP contribution in [0.5, 0.6) is 5.75 Å². The molecule has 0 spiro atoms. The first-order valence-corrected chi connectivity index (χ1v) is 11.8. The molecule has 2 aromatic carbocycles. The maximum absolute atomic E-state index is 12.6. The van der Waals surface area contributed by atoms with Crippen LogP contribution in [0, 0.1) is 6.92 Å². The number of para-hydroxylation sites is 1. The number of carbonyl (C=O) groups is 1. The number of thioether (sulfide) groups is 1. The molecule has 2 aromatic rings. The Labute approximate surface area is 188 Å². The zero-order chi connectivity index (χ0) is 21.6. The average Bonchev–Trinajstić information content (AvgIpc) is 3.16. The Morgan fingerprint density at radius 2 is 1.74 bits per heavy atom. The average molecular weight is 436 g/mol. The van der Waals surface area contributed by atoms with Crippen LogP contribution < -0.4 is 9.64 Å². The number of piperazine rings is 1. The molecule has 31 heavy (non-hydrogen) atoms. The summed E-state index contributed by atoms with van der Waals surface area (Å²) >= 11 is 1.47. The van der Waals surface area contributed by atoms with E-state index in [0.29, 0.717) is 11.5 Å². The van der Waals surface area contributed by atoms with E-state index in [9.17, 15) is 4.79 Å². The molecule has 2 aliphatic heterocycles. The van der Waals surface area contributed by atoms with Gasteiger partial charge in [-0.3, -0.25) is 4.79 Å². The van der Waals surface area contributed by atoms with Gasteiger partial charge in [0, 0.05) is 37.4 Å². The summed E-state index contributed by atoms with van der Waals surface area (Å²) in [5.74, 6) is 0.654. The lowest BCUT2D eigenvalue weighted by atomic mass is 10.2.